The van der Waals surface area contributed by atoms with E-state index in [9.17, 15) is 22.4 Å². The van der Waals surface area contributed by atoms with Crippen LogP contribution in [-0.4, -0.2) is 43.7 Å². The lowest BCUT2D eigenvalue weighted by molar-refractivity contribution is -0.121. The molecule has 2 heterocycles. The third-order valence-electron chi connectivity index (χ3n) is 6.11. The molecule has 2 atom stereocenters. The predicted molar refractivity (Wildman–Crippen MR) is 119 cm³/mol. The van der Waals surface area contributed by atoms with Crippen LogP contribution in [0.1, 0.15) is 32.3 Å². The average molecular weight is 460 g/mol. The van der Waals surface area contributed by atoms with Gasteiger partial charge >= 0.3 is 0 Å². The van der Waals surface area contributed by atoms with Gasteiger partial charge in [-0.25, -0.2) is 12.8 Å². The summed E-state index contributed by atoms with van der Waals surface area (Å²) in [5.74, 6) is -1.24. The molecule has 2 aromatic rings. The number of anilines is 2. The number of nitrogens with one attached hydrogen (secondary N) is 1. The highest BCUT2D eigenvalue weighted by Gasteiger charge is 2.35. The summed E-state index contributed by atoms with van der Waals surface area (Å²) in [4.78, 5) is 26.5. The van der Waals surface area contributed by atoms with Crippen molar-refractivity contribution in [1.29, 1.82) is 0 Å². The molecule has 2 aliphatic heterocycles. The molecule has 7 nitrogen and oxygen atoms in total. The molecule has 0 radical (unpaired) electrons. The molecule has 1 fully saturated rings. The van der Waals surface area contributed by atoms with Crippen molar-refractivity contribution in [2.24, 2.45) is 5.92 Å². The highest BCUT2D eigenvalue weighted by Crippen LogP contribution is 2.35. The fourth-order valence-corrected chi connectivity index (χ4v) is 6.12. The molecule has 9 heteroatoms. The number of carbonyl (C=O) groups is 2. The Balaban J connectivity index is 1.50. The van der Waals surface area contributed by atoms with Gasteiger partial charge in [-0.05, 0) is 74.2 Å². The number of carbonyl (C=O) groups excluding carboxylic acids is 2. The predicted octanol–water partition coefficient (Wildman–Crippen LogP) is 3.16. The van der Waals surface area contributed by atoms with Crippen molar-refractivity contribution in [3.8, 4) is 0 Å². The van der Waals surface area contributed by atoms with Gasteiger partial charge in [-0.1, -0.05) is 0 Å². The molecule has 0 aliphatic carbocycles. The summed E-state index contributed by atoms with van der Waals surface area (Å²) in [6.45, 7) is 3.86. The Kier molecular flexibility index (Phi) is 6.05. The number of hydrogen-bond acceptors (Lipinski definition) is 4. The zero-order chi connectivity index (χ0) is 23.0. The van der Waals surface area contributed by atoms with Gasteiger partial charge in [-0.3, -0.25) is 9.59 Å². The van der Waals surface area contributed by atoms with Crippen LogP contribution in [0.2, 0.25) is 0 Å². The van der Waals surface area contributed by atoms with Gasteiger partial charge in [0.25, 0.3) is 0 Å². The van der Waals surface area contributed by atoms with E-state index in [-0.39, 0.29) is 29.3 Å². The summed E-state index contributed by atoms with van der Waals surface area (Å²) in [6.07, 6.45) is 1.75. The molecule has 170 valence electrons. The van der Waals surface area contributed by atoms with Crippen LogP contribution in [0.3, 0.4) is 0 Å². The van der Waals surface area contributed by atoms with Crippen molar-refractivity contribution in [1.82, 2.24) is 4.31 Å². The van der Waals surface area contributed by atoms with Crippen molar-refractivity contribution in [3.05, 3.63) is 53.8 Å². The first-order valence-electron chi connectivity index (χ1n) is 10.7. The molecule has 1 saturated heterocycles. The van der Waals surface area contributed by atoms with E-state index in [1.54, 1.807) is 17.0 Å². The highest BCUT2D eigenvalue weighted by molar-refractivity contribution is 7.89. The van der Waals surface area contributed by atoms with Crippen LogP contribution in [0.15, 0.2) is 47.4 Å². The summed E-state index contributed by atoms with van der Waals surface area (Å²) in [7, 11) is -3.78. The maximum atomic E-state index is 13.3. The van der Waals surface area contributed by atoms with E-state index in [1.165, 1.54) is 41.6 Å². The lowest BCUT2D eigenvalue weighted by Gasteiger charge is -2.31. The Morgan fingerprint density at radius 3 is 2.53 bits per heavy atom. The van der Waals surface area contributed by atoms with E-state index in [0.29, 0.717) is 31.5 Å². The Hall–Kier alpha value is -2.78. The molecular weight excluding hydrogens is 433 g/mol. The smallest absolute Gasteiger partial charge is 0.243 e. The van der Waals surface area contributed by atoms with Gasteiger partial charge in [0.15, 0.2) is 0 Å². The molecule has 1 N–H and O–H groups in total. The minimum absolute atomic E-state index is 0.0185. The van der Waals surface area contributed by atoms with Crippen molar-refractivity contribution in [2.75, 3.05) is 23.3 Å². The quantitative estimate of drug-likeness (QED) is 0.761. The molecular formula is C23H26FN3O4S. The van der Waals surface area contributed by atoms with E-state index in [4.69, 9.17) is 0 Å². The lowest BCUT2D eigenvalue weighted by atomic mass is 9.99. The van der Waals surface area contributed by atoms with Gasteiger partial charge in [0.1, 0.15) is 5.82 Å². The van der Waals surface area contributed by atoms with Crippen LogP contribution < -0.4 is 10.2 Å². The maximum Gasteiger partial charge on any atom is 0.243 e. The van der Waals surface area contributed by atoms with Crippen molar-refractivity contribution >= 4 is 33.2 Å². The second kappa shape index (κ2) is 8.63. The van der Waals surface area contributed by atoms with E-state index >= 15 is 0 Å². The fraction of sp³-hybridized carbons (Fsp3) is 0.391. The van der Waals surface area contributed by atoms with Gasteiger partial charge in [-0.15, -0.1) is 0 Å². The maximum absolute atomic E-state index is 13.3. The lowest BCUT2D eigenvalue weighted by Crippen LogP contribution is -2.43. The zero-order valence-electron chi connectivity index (χ0n) is 18.0. The number of benzene rings is 2. The Morgan fingerprint density at radius 1 is 1.12 bits per heavy atom. The SMILES string of the molecule is CC(=O)N1c2ccc(S(=O)(=O)N3CCC[C@@H](C(=O)Nc4ccc(F)cc4)C3)cc2C[C@@H]1C. The first kappa shape index (κ1) is 22.4. The third kappa shape index (κ3) is 4.27. The molecule has 0 saturated carbocycles. The molecule has 0 aromatic heterocycles. The number of amides is 2. The highest BCUT2D eigenvalue weighted by atomic mass is 32.2. The van der Waals surface area contributed by atoms with Crippen LogP contribution >= 0.6 is 0 Å². The number of halogens is 1. The van der Waals surface area contributed by atoms with Crippen LogP contribution in [0, 0.1) is 11.7 Å². The number of rotatable bonds is 4. The molecule has 2 aromatic carbocycles. The largest absolute Gasteiger partial charge is 0.326 e. The molecule has 0 unspecified atom stereocenters. The summed E-state index contributed by atoms with van der Waals surface area (Å²) >= 11 is 0. The fourth-order valence-electron chi connectivity index (χ4n) is 4.55. The van der Waals surface area contributed by atoms with E-state index < -0.39 is 21.8 Å². The van der Waals surface area contributed by atoms with Crippen LogP contribution in [0.25, 0.3) is 0 Å². The van der Waals surface area contributed by atoms with Crippen molar-refractivity contribution < 1.29 is 22.4 Å². The zero-order valence-corrected chi connectivity index (χ0v) is 18.9. The van der Waals surface area contributed by atoms with Crippen LogP contribution in [0.4, 0.5) is 15.8 Å². The molecule has 4 rings (SSSR count). The van der Waals surface area contributed by atoms with Crippen molar-refractivity contribution in [3.63, 3.8) is 0 Å². The number of hydrogen-bond donors (Lipinski definition) is 1. The topological polar surface area (TPSA) is 86.8 Å². The number of sulfonamides is 1. The minimum atomic E-state index is -3.78. The van der Waals surface area contributed by atoms with Crippen molar-refractivity contribution in [2.45, 2.75) is 44.0 Å². The second-order valence-corrected chi connectivity index (χ2v) is 10.4. The Bertz CT molecular complexity index is 1150. The average Bonchev–Trinajstić information content (AvgIpc) is 3.10. The summed E-state index contributed by atoms with van der Waals surface area (Å²) in [5, 5.41) is 2.74. The minimum Gasteiger partial charge on any atom is -0.326 e. The first-order chi connectivity index (χ1) is 15.2. The van der Waals surface area contributed by atoms with E-state index in [0.717, 1.165) is 11.3 Å². The summed E-state index contributed by atoms with van der Waals surface area (Å²) in [6, 6.07) is 10.3. The number of fused-ring (bicyclic) bond motifs is 1. The third-order valence-corrected chi connectivity index (χ3v) is 7.97. The number of piperidine rings is 1. The molecule has 32 heavy (non-hydrogen) atoms. The van der Waals surface area contributed by atoms with Gasteiger partial charge in [-0.2, -0.15) is 4.31 Å². The second-order valence-electron chi connectivity index (χ2n) is 8.43. The van der Waals surface area contributed by atoms with Gasteiger partial charge < -0.3 is 10.2 Å². The van der Waals surface area contributed by atoms with E-state index in [1.807, 2.05) is 6.92 Å². The Labute approximate surface area is 187 Å². The van der Waals surface area contributed by atoms with Crippen LogP contribution in [0.5, 0.6) is 0 Å². The summed E-state index contributed by atoms with van der Waals surface area (Å²) < 4.78 is 41.1. The molecule has 2 aliphatic rings. The molecule has 0 spiro atoms. The first-order valence-corrected chi connectivity index (χ1v) is 12.1. The van der Waals surface area contributed by atoms with Crippen LogP contribution in [-0.2, 0) is 26.0 Å². The van der Waals surface area contributed by atoms with E-state index in [2.05, 4.69) is 5.32 Å². The normalized spacial score (nSPS) is 21.3. The van der Waals surface area contributed by atoms with Gasteiger partial charge in [0.2, 0.25) is 21.8 Å². The Morgan fingerprint density at radius 2 is 1.84 bits per heavy atom. The molecule has 2 amide bonds. The monoisotopic (exact) mass is 459 g/mol. The standard InChI is InChI=1S/C23H26FN3O4S/c1-15-12-18-13-21(9-10-22(18)27(15)16(2)28)32(30,31)26-11-3-4-17(14-26)23(29)25-20-7-5-19(24)6-8-20/h5-10,13,15,17H,3-4,11-12,14H2,1-2H3,(H,25,29)/t15-,17+/m0/s1. The molecule has 0 bridgehead atoms. The number of nitrogens with zero attached hydrogens (tertiary/aromatic N) is 2. The summed E-state index contributed by atoms with van der Waals surface area (Å²) in [5.41, 5.74) is 2.05. The van der Waals surface area contributed by atoms with Gasteiger partial charge in [0.05, 0.1) is 10.8 Å². The van der Waals surface area contributed by atoms with Gasteiger partial charge in [0, 0.05) is 37.4 Å².